The maximum Gasteiger partial charge on any atom is 0.194 e. The van der Waals surface area contributed by atoms with Gasteiger partial charge in [-0.2, -0.15) is 0 Å². The standard InChI is InChI=1S/C18H24FN3O2S/c1-2-7-20-18(21-11-14-6-9-25(23,24)13-14)22-8-5-15-3-4-17(19)10-16(15)12-22/h2-4,10,14H,1,5-9,11-13H2,(H,20,21). The molecule has 1 fully saturated rings. The summed E-state index contributed by atoms with van der Waals surface area (Å²) in [5.41, 5.74) is 2.14. The largest absolute Gasteiger partial charge is 0.353 e. The molecule has 1 atom stereocenters. The number of nitrogens with one attached hydrogen (secondary N) is 1. The third kappa shape index (κ3) is 4.60. The van der Waals surface area contributed by atoms with Gasteiger partial charge in [-0.15, -0.1) is 6.58 Å². The molecule has 7 heteroatoms. The summed E-state index contributed by atoms with van der Waals surface area (Å²) in [6.45, 7) is 6.18. The van der Waals surface area contributed by atoms with E-state index in [1.54, 1.807) is 12.1 Å². The number of nitrogens with zero attached hydrogens (tertiary/aromatic N) is 2. The minimum atomic E-state index is -2.89. The Morgan fingerprint density at radius 2 is 2.28 bits per heavy atom. The molecule has 1 aromatic carbocycles. The SMILES string of the molecule is C=CCNC(=NCC1CCS(=O)(=O)C1)N1CCc2ccc(F)cc2C1. The summed E-state index contributed by atoms with van der Waals surface area (Å²) in [6.07, 6.45) is 3.27. The second-order valence-electron chi connectivity index (χ2n) is 6.69. The van der Waals surface area contributed by atoms with E-state index in [9.17, 15) is 12.8 Å². The Bertz CT molecular complexity index is 777. The Hall–Kier alpha value is -1.89. The van der Waals surface area contributed by atoms with Crippen LogP contribution < -0.4 is 5.32 Å². The summed E-state index contributed by atoms with van der Waals surface area (Å²) in [5.74, 6) is 1.08. The Labute approximate surface area is 148 Å². The topological polar surface area (TPSA) is 61.8 Å². The fourth-order valence-corrected chi connectivity index (χ4v) is 5.22. The quantitative estimate of drug-likeness (QED) is 0.502. The Morgan fingerprint density at radius 1 is 1.44 bits per heavy atom. The smallest absolute Gasteiger partial charge is 0.194 e. The Kier molecular flexibility index (Phi) is 5.42. The second-order valence-corrected chi connectivity index (χ2v) is 8.92. The van der Waals surface area contributed by atoms with E-state index in [0.717, 1.165) is 24.5 Å². The zero-order chi connectivity index (χ0) is 17.9. The monoisotopic (exact) mass is 365 g/mol. The molecule has 1 aromatic rings. The lowest BCUT2D eigenvalue weighted by molar-refractivity contribution is 0.377. The molecule has 136 valence electrons. The van der Waals surface area contributed by atoms with Gasteiger partial charge in [-0.25, -0.2) is 12.8 Å². The number of rotatable bonds is 4. The fraction of sp³-hybridized carbons (Fsp3) is 0.500. The second kappa shape index (κ2) is 7.56. The molecule has 0 saturated carbocycles. The minimum Gasteiger partial charge on any atom is -0.353 e. The highest BCUT2D eigenvalue weighted by atomic mass is 32.2. The van der Waals surface area contributed by atoms with Gasteiger partial charge in [0.2, 0.25) is 0 Å². The van der Waals surface area contributed by atoms with Crippen LogP contribution >= 0.6 is 0 Å². The number of hydrogen-bond acceptors (Lipinski definition) is 3. The van der Waals surface area contributed by atoms with Crippen molar-refractivity contribution in [2.45, 2.75) is 19.4 Å². The van der Waals surface area contributed by atoms with Gasteiger partial charge in [-0.3, -0.25) is 4.99 Å². The first-order valence-electron chi connectivity index (χ1n) is 8.59. The van der Waals surface area contributed by atoms with E-state index in [1.807, 2.05) is 6.07 Å². The maximum atomic E-state index is 13.5. The molecule has 1 N–H and O–H groups in total. The van der Waals surface area contributed by atoms with Gasteiger partial charge in [0.25, 0.3) is 0 Å². The number of aliphatic imine (C=N–C) groups is 1. The zero-order valence-corrected chi connectivity index (χ0v) is 15.1. The molecule has 2 aliphatic heterocycles. The molecule has 5 nitrogen and oxygen atoms in total. The average molecular weight is 365 g/mol. The number of guanidine groups is 1. The van der Waals surface area contributed by atoms with E-state index in [-0.39, 0.29) is 23.2 Å². The first kappa shape index (κ1) is 17.9. The highest BCUT2D eigenvalue weighted by Gasteiger charge is 2.28. The van der Waals surface area contributed by atoms with Crippen LogP contribution in [0.25, 0.3) is 0 Å². The molecular weight excluding hydrogens is 341 g/mol. The van der Waals surface area contributed by atoms with Gasteiger partial charge in [0, 0.05) is 26.2 Å². The highest BCUT2D eigenvalue weighted by Crippen LogP contribution is 2.21. The van der Waals surface area contributed by atoms with Crippen LogP contribution in [0.2, 0.25) is 0 Å². The fourth-order valence-electron chi connectivity index (χ4n) is 3.37. The number of fused-ring (bicyclic) bond motifs is 1. The molecule has 0 radical (unpaired) electrons. The number of halogens is 1. The van der Waals surface area contributed by atoms with Crippen LogP contribution in [-0.4, -0.2) is 50.4 Å². The van der Waals surface area contributed by atoms with Crippen LogP contribution in [0.1, 0.15) is 17.5 Å². The van der Waals surface area contributed by atoms with Crippen molar-refractivity contribution in [3.8, 4) is 0 Å². The van der Waals surface area contributed by atoms with E-state index in [0.29, 0.717) is 26.1 Å². The first-order valence-corrected chi connectivity index (χ1v) is 10.4. The first-order chi connectivity index (χ1) is 12.0. The molecule has 1 unspecified atom stereocenters. The normalized spacial score (nSPS) is 22.5. The lowest BCUT2D eigenvalue weighted by Crippen LogP contribution is -2.44. The molecule has 0 bridgehead atoms. The summed E-state index contributed by atoms with van der Waals surface area (Å²) in [4.78, 5) is 6.75. The predicted octanol–water partition coefficient (Wildman–Crippen LogP) is 1.75. The summed E-state index contributed by atoms with van der Waals surface area (Å²) in [6, 6.07) is 4.93. The van der Waals surface area contributed by atoms with Crippen molar-refractivity contribution in [1.82, 2.24) is 10.2 Å². The molecule has 0 aromatic heterocycles. The molecule has 0 spiro atoms. The number of benzene rings is 1. The molecule has 2 aliphatic rings. The average Bonchev–Trinajstić information content (AvgIpc) is 2.93. The molecule has 2 heterocycles. The molecule has 3 rings (SSSR count). The van der Waals surface area contributed by atoms with E-state index in [4.69, 9.17) is 0 Å². The van der Waals surface area contributed by atoms with Crippen LogP contribution in [0.4, 0.5) is 4.39 Å². The predicted molar refractivity (Wildman–Crippen MR) is 97.8 cm³/mol. The van der Waals surface area contributed by atoms with Crippen molar-refractivity contribution in [2.24, 2.45) is 10.9 Å². The van der Waals surface area contributed by atoms with Gasteiger partial charge in [-0.1, -0.05) is 12.1 Å². The van der Waals surface area contributed by atoms with Crippen LogP contribution in [-0.2, 0) is 22.8 Å². The van der Waals surface area contributed by atoms with E-state index < -0.39 is 9.84 Å². The molecule has 1 saturated heterocycles. The van der Waals surface area contributed by atoms with Crippen molar-refractivity contribution in [3.05, 3.63) is 47.8 Å². The van der Waals surface area contributed by atoms with Gasteiger partial charge in [0.15, 0.2) is 15.8 Å². The highest BCUT2D eigenvalue weighted by molar-refractivity contribution is 7.91. The van der Waals surface area contributed by atoms with Crippen LogP contribution in [0, 0.1) is 11.7 Å². The summed E-state index contributed by atoms with van der Waals surface area (Å²) >= 11 is 0. The minimum absolute atomic E-state index is 0.0834. The molecule has 25 heavy (non-hydrogen) atoms. The molecular formula is C18H24FN3O2S. The van der Waals surface area contributed by atoms with E-state index in [1.165, 1.54) is 11.6 Å². The van der Waals surface area contributed by atoms with Crippen molar-refractivity contribution in [2.75, 3.05) is 31.1 Å². The van der Waals surface area contributed by atoms with Crippen LogP contribution in [0.5, 0.6) is 0 Å². The third-order valence-corrected chi connectivity index (χ3v) is 6.55. The summed E-state index contributed by atoms with van der Waals surface area (Å²) in [5, 5.41) is 3.24. The molecule has 0 aliphatic carbocycles. The summed E-state index contributed by atoms with van der Waals surface area (Å²) < 4.78 is 36.7. The van der Waals surface area contributed by atoms with Crippen molar-refractivity contribution >= 4 is 15.8 Å². The number of sulfone groups is 1. The Morgan fingerprint density at radius 3 is 3.00 bits per heavy atom. The number of hydrogen-bond donors (Lipinski definition) is 1. The van der Waals surface area contributed by atoms with Gasteiger partial charge in [-0.05, 0) is 42.0 Å². The van der Waals surface area contributed by atoms with Gasteiger partial charge in [0.05, 0.1) is 11.5 Å². The van der Waals surface area contributed by atoms with Gasteiger partial charge < -0.3 is 10.2 Å². The van der Waals surface area contributed by atoms with E-state index in [2.05, 4.69) is 21.8 Å². The lowest BCUT2D eigenvalue weighted by Gasteiger charge is -2.32. The van der Waals surface area contributed by atoms with Crippen molar-refractivity contribution in [1.29, 1.82) is 0 Å². The van der Waals surface area contributed by atoms with Crippen molar-refractivity contribution in [3.63, 3.8) is 0 Å². The van der Waals surface area contributed by atoms with Gasteiger partial charge in [0.1, 0.15) is 5.82 Å². The third-order valence-electron chi connectivity index (χ3n) is 4.71. The van der Waals surface area contributed by atoms with E-state index >= 15 is 0 Å². The summed E-state index contributed by atoms with van der Waals surface area (Å²) in [7, 11) is -2.89. The maximum absolute atomic E-state index is 13.5. The molecule has 0 amide bonds. The lowest BCUT2D eigenvalue weighted by atomic mass is 10.00. The zero-order valence-electron chi connectivity index (χ0n) is 14.2. The van der Waals surface area contributed by atoms with Crippen molar-refractivity contribution < 1.29 is 12.8 Å². The van der Waals surface area contributed by atoms with Gasteiger partial charge >= 0.3 is 0 Å². The van der Waals surface area contributed by atoms with Crippen LogP contribution in [0.3, 0.4) is 0 Å². The Balaban J connectivity index is 1.72. The van der Waals surface area contributed by atoms with Crippen LogP contribution in [0.15, 0.2) is 35.8 Å².